The molecule has 0 saturated heterocycles. The standard InChI is InChI=1S/C21H10N5O/c1-22-16-8-13-11-25-10-12-5-6-14-15-4-3-7-24-21(15)27-20(14)19(12)26(25)18(13)9-17(16)23-2/h3-9,11H,10H2/q+1. The monoisotopic (exact) mass is 348 g/mol. The summed E-state index contributed by atoms with van der Waals surface area (Å²) >= 11 is 0. The lowest BCUT2D eigenvalue weighted by molar-refractivity contribution is -0.749. The number of benzene rings is 2. The van der Waals surface area contributed by atoms with Gasteiger partial charge >= 0.3 is 0 Å². The summed E-state index contributed by atoms with van der Waals surface area (Å²) in [6, 6.07) is 11.7. The van der Waals surface area contributed by atoms with Gasteiger partial charge in [-0.05, 0) is 30.3 Å². The molecule has 4 heterocycles. The van der Waals surface area contributed by atoms with Crippen molar-refractivity contribution in [3.8, 4) is 5.69 Å². The molecule has 0 amide bonds. The summed E-state index contributed by atoms with van der Waals surface area (Å²) in [5, 5.41) is 2.95. The van der Waals surface area contributed by atoms with E-state index in [1.165, 1.54) is 0 Å². The second-order valence-corrected chi connectivity index (χ2v) is 6.57. The third kappa shape index (κ3) is 1.67. The maximum atomic E-state index is 7.40. The third-order valence-electron chi connectivity index (χ3n) is 5.16. The van der Waals surface area contributed by atoms with Crippen LogP contribution in [0.5, 0.6) is 0 Å². The molecule has 0 aliphatic carbocycles. The van der Waals surface area contributed by atoms with Crippen molar-refractivity contribution in [1.29, 1.82) is 0 Å². The minimum absolute atomic E-state index is 0.367. The van der Waals surface area contributed by atoms with Crippen LogP contribution in [0.15, 0.2) is 53.2 Å². The maximum Gasteiger partial charge on any atom is 0.227 e. The topological polar surface area (TPSA) is 43.6 Å². The van der Waals surface area contributed by atoms with Gasteiger partial charge in [0, 0.05) is 17.0 Å². The summed E-state index contributed by atoms with van der Waals surface area (Å²) in [6.45, 7) is 15.4. The number of fused-ring (bicyclic) bond motifs is 9. The molecule has 27 heavy (non-hydrogen) atoms. The average molecular weight is 348 g/mol. The van der Waals surface area contributed by atoms with Gasteiger partial charge in [-0.1, -0.05) is 6.07 Å². The van der Waals surface area contributed by atoms with E-state index in [-0.39, 0.29) is 0 Å². The highest BCUT2D eigenvalue weighted by Crippen LogP contribution is 2.39. The first kappa shape index (κ1) is 14.1. The van der Waals surface area contributed by atoms with Crippen molar-refractivity contribution < 1.29 is 9.10 Å². The van der Waals surface area contributed by atoms with Crippen LogP contribution < -0.4 is 4.68 Å². The van der Waals surface area contributed by atoms with E-state index >= 15 is 0 Å². The zero-order chi connectivity index (χ0) is 18.1. The Kier molecular flexibility index (Phi) is 2.46. The van der Waals surface area contributed by atoms with Gasteiger partial charge < -0.3 is 4.42 Å². The van der Waals surface area contributed by atoms with E-state index in [4.69, 9.17) is 17.6 Å². The molecule has 0 unspecified atom stereocenters. The molecule has 3 aromatic heterocycles. The van der Waals surface area contributed by atoms with Gasteiger partial charge in [0.05, 0.1) is 24.1 Å². The van der Waals surface area contributed by atoms with E-state index < -0.39 is 0 Å². The molecule has 0 saturated carbocycles. The van der Waals surface area contributed by atoms with Gasteiger partial charge in [0.1, 0.15) is 5.52 Å². The maximum absolute atomic E-state index is 7.40. The summed E-state index contributed by atoms with van der Waals surface area (Å²) in [4.78, 5) is 11.4. The summed E-state index contributed by atoms with van der Waals surface area (Å²) in [5.41, 5.74) is 5.19. The predicted octanol–water partition coefficient (Wildman–Crippen LogP) is 4.68. The molecule has 6 nitrogen and oxygen atoms in total. The van der Waals surface area contributed by atoms with Crippen molar-refractivity contribution in [2.75, 3.05) is 0 Å². The second kappa shape index (κ2) is 4.72. The van der Waals surface area contributed by atoms with Crippen molar-refractivity contribution in [2.45, 2.75) is 6.54 Å². The van der Waals surface area contributed by atoms with Crippen molar-refractivity contribution in [3.05, 3.63) is 77.2 Å². The van der Waals surface area contributed by atoms with Crippen LogP contribution in [-0.2, 0) is 6.54 Å². The minimum Gasteiger partial charge on any atom is -0.435 e. The largest absolute Gasteiger partial charge is 0.435 e. The quantitative estimate of drug-likeness (QED) is 0.296. The van der Waals surface area contributed by atoms with Crippen LogP contribution >= 0.6 is 0 Å². The molecular formula is C21H10N5O+. The summed E-state index contributed by atoms with van der Waals surface area (Å²) < 4.78 is 10.3. The fourth-order valence-electron chi connectivity index (χ4n) is 4.01. The number of hydrogen-bond donors (Lipinski definition) is 0. The highest BCUT2D eigenvalue weighted by molar-refractivity contribution is 6.07. The van der Waals surface area contributed by atoms with E-state index in [1.807, 2.05) is 18.3 Å². The number of nitrogens with zero attached hydrogens (tertiary/aromatic N) is 5. The fourth-order valence-corrected chi connectivity index (χ4v) is 4.01. The first-order chi connectivity index (χ1) is 13.3. The van der Waals surface area contributed by atoms with E-state index in [0.717, 1.165) is 38.5 Å². The van der Waals surface area contributed by atoms with Gasteiger partial charge in [0.25, 0.3) is 0 Å². The van der Waals surface area contributed by atoms with Gasteiger partial charge in [0.15, 0.2) is 29.2 Å². The normalized spacial score (nSPS) is 12.2. The molecule has 5 aromatic rings. The number of pyridine rings is 1. The van der Waals surface area contributed by atoms with E-state index in [9.17, 15) is 0 Å². The second-order valence-electron chi connectivity index (χ2n) is 6.57. The summed E-state index contributed by atoms with van der Waals surface area (Å²) in [6.07, 6.45) is 3.74. The van der Waals surface area contributed by atoms with Crippen LogP contribution in [0.3, 0.4) is 0 Å². The SMILES string of the molecule is [C-]#[N+]c1cc2c[n+]3n(c2cc1[N+]#[C-])-c1c(ccc2c1oc1ncccc12)C3. The van der Waals surface area contributed by atoms with Gasteiger partial charge in [-0.15, -0.1) is 9.36 Å². The first-order valence-corrected chi connectivity index (χ1v) is 8.42. The average Bonchev–Trinajstić information content (AvgIpc) is 3.34. The number of furan rings is 1. The van der Waals surface area contributed by atoms with Gasteiger partial charge in [-0.2, -0.15) is 0 Å². The molecule has 2 aromatic carbocycles. The molecular weight excluding hydrogens is 338 g/mol. The highest BCUT2D eigenvalue weighted by atomic mass is 16.3. The smallest absolute Gasteiger partial charge is 0.227 e. The Morgan fingerprint density at radius 2 is 1.93 bits per heavy atom. The molecule has 0 spiro atoms. The van der Waals surface area contributed by atoms with Crippen molar-refractivity contribution >= 4 is 44.3 Å². The number of aromatic nitrogens is 3. The van der Waals surface area contributed by atoms with Crippen LogP contribution in [0.2, 0.25) is 0 Å². The molecule has 1 aliphatic heterocycles. The lowest BCUT2D eigenvalue weighted by Gasteiger charge is -2.01. The van der Waals surface area contributed by atoms with Crippen LogP contribution in [0, 0.1) is 13.1 Å². The van der Waals surface area contributed by atoms with Gasteiger partial charge in [-0.25, -0.2) is 4.98 Å². The van der Waals surface area contributed by atoms with Crippen LogP contribution in [0.25, 0.3) is 48.3 Å². The predicted molar refractivity (Wildman–Crippen MR) is 100 cm³/mol. The van der Waals surface area contributed by atoms with Crippen molar-refractivity contribution in [1.82, 2.24) is 9.67 Å². The van der Waals surface area contributed by atoms with Gasteiger partial charge in [0.2, 0.25) is 11.9 Å². The lowest BCUT2D eigenvalue weighted by Crippen LogP contribution is -2.36. The highest BCUT2D eigenvalue weighted by Gasteiger charge is 2.32. The Bertz CT molecular complexity index is 1520. The van der Waals surface area contributed by atoms with Crippen LogP contribution in [0.1, 0.15) is 5.56 Å². The zero-order valence-corrected chi connectivity index (χ0v) is 14.0. The Labute approximate surface area is 153 Å². The Morgan fingerprint density at radius 1 is 1.07 bits per heavy atom. The van der Waals surface area contributed by atoms with E-state index in [1.54, 1.807) is 18.3 Å². The summed E-state index contributed by atoms with van der Waals surface area (Å²) in [7, 11) is 0. The van der Waals surface area contributed by atoms with Crippen LogP contribution in [0.4, 0.5) is 11.4 Å². The molecule has 0 bridgehead atoms. The lowest BCUT2D eigenvalue weighted by atomic mass is 10.1. The van der Waals surface area contributed by atoms with Crippen molar-refractivity contribution in [3.63, 3.8) is 0 Å². The van der Waals surface area contributed by atoms with Gasteiger partial charge in [-0.3, -0.25) is 9.69 Å². The van der Waals surface area contributed by atoms with Crippen LogP contribution in [-0.4, -0.2) is 9.67 Å². The molecule has 0 fully saturated rings. The Hall–Kier alpha value is -4.16. The molecule has 0 radical (unpaired) electrons. The Morgan fingerprint density at radius 3 is 2.78 bits per heavy atom. The fraction of sp³-hybridized carbons (Fsp3) is 0.0476. The summed E-state index contributed by atoms with van der Waals surface area (Å²) in [5.74, 6) is 0. The first-order valence-electron chi connectivity index (χ1n) is 8.42. The molecule has 0 atom stereocenters. The van der Waals surface area contributed by atoms with E-state index in [0.29, 0.717) is 23.6 Å². The Balaban J connectivity index is 1.76. The zero-order valence-electron chi connectivity index (χ0n) is 14.0. The third-order valence-corrected chi connectivity index (χ3v) is 5.16. The molecule has 6 rings (SSSR count). The molecule has 6 heteroatoms. The molecule has 1 aliphatic rings. The molecule has 0 N–H and O–H groups in total. The number of rotatable bonds is 0. The minimum atomic E-state index is 0.367. The molecule has 124 valence electrons. The number of hydrogen-bond acceptors (Lipinski definition) is 2. The van der Waals surface area contributed by atoms with Crippen molar-refractivity contribution in [2.24, 2.45) is 0 Å². The van der Waals surface area contributed by atoms with E-state index in [2.05, 4.69) is 36.2 Å².